The third-order valence-electron chi connectivity index (χ3n) is 2.95. The zero-order valence-electron chi connectivity index (χ0n) is 13.3. The second kappa shape index (κ2) is 9.92. The number of nitrogens with one attached hydrogen (secondary N) is 2. The first-order valence-corrected chi connectivity index (χ1v) is 7.39. The van der Waals surface area contributed by atoms with E-state index < -0.39 is 12.0 Å². The molecule has 0 aliphatic rings. The molecule has 6 nitrogen and oxygen atoms in total. The Balaban J connectivity index is 2.40. The van der Waals surface area contributed by atoms with Crippen LogP contribution in [0.25, 0.3) is 0 Å². The molecule has 122 valence electrons. The number of ether oxygens (including phenoxy) is 1. The van der Waals surface area contributed by atoms with Crippen molar-refractivity contribution in [2.24, 2.45) is 5.92 Å². The van der Waals surface area contributed by atoms with Crippen molar-refractivity contribution in [3.63, 3.8) is 0 Å². The number of amides is 1. The van der Waals surface area contributed by atoms with Gasteiger partial charge in [0.2, 0.25) is 5.91 Å². The third kappa shape index (κ3) is 6.69. The summed E-state index contributed by atoms with van der Waals surface area (Å²) in [6.45, 7) is 6.02. The minimum Gasteiger partial charge on any atom is -0.465 e. The summed E-state index contributed by atoms with van der Waals surface area (Å²) in [5, 5.41) is 2.54. The van der Waals surface area contributed by atoms with Gasteiger partial charge in [0.15, 0.2) is 0 Å². The van der Waals surface area contributed by atoms with Gasteiger partial charge in [0, 0.05) is 0 Å². The molecule has 1 rings (SSSR count). The minimum atomic E-state index is -0.543. The Morgan fingerprint density at radius 3 is 2.45 bits per heavy atom. The fraction of sp³-hybridized carbons (Fsp3) is 0.500. The molecule has 1 amide bonds. The fourth-order valence-electron chi connectivity index (χ4n) is 1.76. The van der Waals surface area contributed by atoms with Crippen molar-refractivity contribution in [2.45, 2.75) is 33.4 Å². The molecule has 22 heavy (non-hydrogen) atoms. The maximum Gasteiger partial charge on any atom is 0.325 e. The van der Waals surface area contributed by atoms with Crippen molar-refractivity contribution in [2.75, 3.05) is 13.2 Å². The maximum absolute atomic E-state index is 12.1. The van der Waals surface area contributed by atoms with Crippen molar-refractivity contribution >= 4 is 11.9 Å². The average Bonchev–Trinajstić information content (AvgIpc) is 2.50. The zero-order chi connectivity index (χ0) is 16.4. The first kappa shape index (κ1) is 18.1. The molecule has 1 atom stereocenters. The Morgan fingerprint density at radius 2 is 1.86 bits per heavy atom. The van der Waals surface area contributed by atoms with Crippen LogP contribution in [0.2, 0.25) is 0 Å². The highest BCUT2D eigenvalue weighted by atomic mass is 16.6. The van der Waals surface area contributed by atoms with E-state index in [2.05, 4.69) is 10.8 Å². The Hall–Kier alpha value is -1.92. The lowest BCUT2D eigenvalue weighted by Gasteiger charge is -2.21. The van der Waals surface area contributed by atoms with Gasteiger partial charge in [-0.2, -0.15) is 5.48 Å². The lowest BCUT2D eigenvalue weighted by molar-refractivity contribution is -0.144. The second-order valence-corrected chi connectivity index (χ2v) is 5.14. The predicted molar refractivity (Wildman–Crippen MR) is 82.6 cm³/mol. The molecule has 6 heteroatoms. The van der Waals surface area contributed by atoms with Gasteiger partial charge in [0.05, 0.1) is 13.2 Å². The quantitative estimate of drug-likeness (QED) is 0.533. The van der Waals surface area contributed by atoms with Crippen LogP contribution >= 0.6 is 0 Å². The monoisotopic (exact) mass is 308 g/mol. The molecule has 0 aliphatic carbocycles. The number of carbonyl (C=O) groups excluding carboxylic acids is 2. The Kier molecular flexibility index (Phi) is 8.17. The molecule has 0 aromatic heterocycles. The molecule has 1 aromatic carbocycles. The van der Waals surface area contributed by atoms with Gasteiger partial charge in [-0.1, -0.05) is 44.2 Å². The molecule has 0 unspecified atom stereocenters. The van der Waals surface area contributed by atoms with Gasteiger partial charge < -0.3 is 10.1 Å². The van der Waals surface area contributed by atoms with E-state index in [9.17, 15) is 9.59 Å². The number of hydroxylamine groups is 1. The van der Waals surface area contributed by atoms with Crippen LogP contribution in [0.1, 0.15) is 26.3 Å². The maximum atomic E-state index is 12.1. The summed E-state index contributed by atoms with van der Waals surface area (Å²) in [6.07, 6.45) is 0. The van der Waals surface area contributed by atoms with Gasteiger partial charge in [-0.3, -0.25) is 14.4 Å². The van der Waals surface area contributed by atoms with E-state index in [0.717, 1.165) is 5.56 Å². The van der Waals surface area contributed by atoms with Gasteiger partial charge in [0.1, 0.15) is 12.6 Å². The summed E-state index contributed by atoms with van der Waals surface area (Å²) < 4.78 is 4.77. The number of hydrogen-bond donors (Lipinski definition) is 2. The van der Waals surface area contributed by atoms with Crippen LogP contribution in [-0.4, -0.2) is 31.1 Å². The number of esters is 1. The first-order valence-electron chi connectivity index (χ1n) is 7.39. The Morgan fingerprint density at radius 1 is 1.18 bits per heavy atom. The topological polar surface area (TPSA) is 76.7 Å². The molecule has 0 saturated carbocycles. The van der Waals surface area contributed by atoms with Crippen LogP contribution in [-0.2, 0) is 25.8 Å². The zero-order valence-corrected chi connectivity index (χ0v) is 13.3. The first-order chi connectivity index (χ1) is 10.5. The van der Waals surface area contributed by atoms with E-state index in [1.165, 1.54) is 0 Å². The molecule has 1 aromatic rings. The highest BCUT2D eigenvalue weighted by Crippen LogP contribution is 2.04. The van der Waals surface area contributed by atoms with Crippen molar-refractivity contribution < 1.29 is 19.2 Å². The van der Waals surface area contributed by atoms with Crippen molar-refractivity contribution in [3.05, 3.63) is 35.9 Å². The van der Waals surface area contributed by atoms with Crippen LogP contribution in [0, 0.1) is 5.92 Å². The number of carbonyl (C=O) groups is 2. The number of rotatable bonds is 9. The number of benzene rings is 1. The van der Waals surface area contributed by atoms with Crippen molar-refractivity contribution in [1.29, 1.82) is 0 Å². The predicted octanol–water partition coefficient (Wildman–Crippen LogP) is 1.41. The van der Waals surface area contributed by atoms with Gasteiger partial charge in [-0.25, -0.2) is 0 Å². The molecule has 0 fully saturated rings. The van der Waals surface area contributed by atoms with E-state index in [4.69, 9.17) is 9.57 Å². The summed E-state index contributed by atoms with van der Waals surface area (Å²) in [6, 6.07) is 9.10. The normalized spacial score (nSPS) is 12.0. The molecule has 0 bridgehead atoms. The van der Waals surface area contributed by atoms with Gasteiger partial charge in [-0.15, -0.1) is 0 Å². The van der Waals surface area contributed by atoms with E-state index in [-0.39, 0.29) is 18.4 Å². The molecule has 0 saturated heterocycles. The second-order valence-electron chi connectivity index (χ2n) is 5.14. The summed E-state index contributed by atoms with van der Waals surface area (Å²) in [7, 11) is 0. The fourth-order valence-corrected chi connectivity index (χ4v) is 1.76. The molecule has 0 aliphatic heterocycles. The number of hydrogen-bond acceptors (Lipinski definition) is 5. The van der Waals surface area contributed by atoms with E-state index in [1.807, 2.05) is 44.2 Å². The minimum absolute atomic E-state index is 0.0120. The largest absolute Gasteiger partial charge is 0.465 e. The summed E-state index contributed by atoms with van der Waals surface area (Å²) in [4.78, 5) is 28.7. The molecule has 0 spiro atoms. The van der Waals surface area contributed by atoms with Crippen LogP contribution in [0.4, 0.5) is 0 Å². The van der Waals surface area contributed by atoms with Gasteiger partial charge in [-0.05, 0) is 18.4 Å². The van der Waals surface area contributed by atoms with Gasteiger partial charge >= 0.3 is 5.97 Å². The summed E-state index contributed by atoms with van der Waals surface area (Å²) in [5.74, 6) is -0.738. The van der Waals surface area contributed by atoms with Crippen LogP contribution in [0.5, 0.6) is 0 Å². The van der Waals surface area contributed by atoms with Crippen LogP contribution in [0.3, 0.4) is 0 Å². The van der Waals surface area contributed by atoms with E-state index in [0.29, 0.717) is 13.2 Å². The Labute approximate surface area is 131 Å². The Bertz CT molecular complexity index is 462. The highest BCUT2D eigenvalue weighted by Gasteiger charge is 2.22. The molecule has 0 heterocycles. The molecule has 0 radical (unpaired) electrons. The average molecular weight is 308 g/mol. The van der Waals surface area contributed by atoms with Crippen molar-refractivity contribution in [3.8, 4) is 0 Å². The van der Waals surface area contributed by atoms with E-state index >= 15 is 0 Å². The molecular weight excluding hydrogens is 284 g/mol. The summed E-state index contributed by atoms with van der Waals surface area (Å²) >= 11 is 0. The third-order valence-corrected chi connectivity index (χ3v) is 2.95. The van der Waals surface area contributed by atoms with Gasteiger partial charge in [0.25, 0.3) is 0 Å². The lowest BCUT2D eigenvalue weighted by atomic mass is 10.0. The van der Waals surface area contributed by atoms with Crippen LogP contribution < -0.4 is 10.8 Å². The lowest BCUT2D eigenvalue weighted by Crippen LogP contribution is -2.48. The molecular formula is C16H24N2O4. The molecule has 2 N–H and O–H groups in total. The smallest absolute Gasteiger partial charge is 0.325 e. The van der Waals surface area contributed by atoms with Crippen molar-refractivity contribution in [1.82, 2.24) is 10.8 Å². The summed E-state index contributed by atoms with van der Waals surface area (Å²) in [5.41, 5.74) is 3.76. The van der Waals surface area contributed by atoms with E-state index in [1.54, 1.807) is 6.92 Å². The highest BCUT2D eigenvalue weighted by molar-refractivity contribution is 5.85. The van der Waals surface area contributed by atoms with Crippen LogP contribution in [0.15, 0.2) is 30.3 Å². The SMILES string of the molecule is CCOC(=O)CNC(=O)[C@@H](NOCc1ccccc1)C(C)C. The standard InChI is InChI=1S/C16H24N2O4/c1-4-21-14(19)10-17-16(20)15(12(2)3)18-22-11-13-8-6-5-7-9-13/h5-9,12,15,18H,4,10-11H2,1-3H3,(H,17,20)/t15-/m0/s1.